The van der Waals surface area contributed by atoms with Crippen molar-refractivity contribution in [3.63, 3.8) is 0 Å². The number of halogens is 1. The Kier molecular flexibility index (Phi) is 20.6. The van der Waals surface area contributed by atoms with Crippen LogP contribution in [0.15, 0.2) is 60.9 Å². The second-order valence-corrected chi connectivity index (χ2v) is 21.7. The number of nitrogens with zero attached hydrogens (tertiary/aromatic N) is 4. The summed E-state index contributed by atoms with van der Waals surface area (Å²) < 4.78 is 67.6. The molecule has 16 heteroatoms. The number of nitrogens with two attached hydrogens (primary N) is 1. The van der Waals surface area contributed by atoms with Crippen LogP contribution in [0.4, 0.5) is 5.82 Å². The third kappa shape index (κ3) is 15.4. The Balaban J connectivity index is 1.10. The van der Waals surface area contributed by atoms with Crippen LogP contribution in [0.5, 0.6) is 11.5 Å². The van der Waals surface area contributed by atoms with E-state index in [1.807, 2.05) is 58.9 Å². The molecule has 0 amide bonds. The van der Waals surface area contributed by atoms with Gasteiger partial charge in [-0.15, -0.1) is 0 Å². The van der Waals surface area contributed by atoms with Crippen molar-refractivity contribution in [2.75, 3.05) is 25.6 Å². The van der Waals surface area contributed by atoms with E-state index in [9.17, 15) is 5.26 Å². The Morgan fingerprint density at radius 1 is 0.884 bits per heavy atom. The maximum atomic E-state index is 15.0. The predicted molar refractivity (Wildman–Crippen MR) is 269 cm³/mol. The van der Waals surface area contributed by atoms with Gasteiger partial charge in [0.2, 0.25) is 0 Å². The Bertz CT molecular complexity index is 2310. The number of unbranched alkanes of at least 4 members (excludes halogenated alkanes) is 16. The Labute approximate surface area is 415 Å². The zero-order chi connectivity index (χ0) is 49.3. The summed E-state index contributed by atoms with van der Waals surface area (Å²) in [4.78, 5) is 4.14. The molecule has 2 aromatic carbocycles. The lowest BCUT2D eigenvalue weighted by molar-refractivity contribution is -0.208. The van der Waals surface area contributed by atoms with Gasteiger partial charge in [-0.25, -0.2) is 14.1 Å². The zero-order valence-corrected chi connectivity index (χ0v) is 43.6. The second kappa shape index (κ2) is 26.1. The molecule has 2 fully saturated rings. The first-order chi connectivity index (χ1) is 33.2. The highest BCUT2D eigenvalue weighted by Gasteiger charge is 2.68. The minimum atomic E-state index is -4.46. The number of anilines is 1. The minimum Gasteiger partial charge on any atom is -0.490 e. The first-order valence-corrected chi connectivity index (χ1v) is 27.3. The van der Waals surface area contributed by atoms with Crippen LogP contribution in [0.1, 0.15) is 174 Å². The van der Waals surface area contributed by atoms with Gasteiger partial charge in [0.15, 0.2) is 17.2 Å². The van der Waals surface area contributed by atoms with Gasteiger partial charge in [-0.3, -0.25) is 9.05 Å². The standard InChI is InChI=1S/C53H77ClN5O9P/c1-7-8-9-10-11-12-13-14-15-16-17-18-19-20-21-22-23-26-43(61-35-41-29-30-42(34-55)47(33-41)65-40(2)3)36-63-69(60,67-46-28-25-24-27-44(46)54)64-37-52(6)50-53(38-62-52,68-51(4,5)66-50)48-32-31-45-49(56)57-39-58-59(45)48/h24-25,27-33,39-40,43,50H,7-23,26,35-38H2,1-6H3,(H2,56,57,58)/t43-,50-,52-,53+,69?/m1/s1. The largest absolute Gasteiger partial charge is 0.530 e. The summed E-state index contributed by atoms with van der Waals surface area (Å²) in [7, 11) is -4.46. The van der Waals surface area contributed by atoms with Crippen LogP contribution in [-0.4, -0.2) is 64.1 Å². The number of benzene rings is 2. The number of phosphoric ester groups is 1. The van der Waals surface area contributed by atoms with Gasteiger partial charge in [0.25, 0.3) is 0 Å². The molecule has 0 spiro atoms. The van der Waals surface area contributed by atoms with E-state index in [1.54, 1.807) is 34.8 Å². The quantitative estimate of drug-likeness (QED) is 0.0362. The molecule has 14 nitrogen and oxygen atoms in total. The third-order valence-corrected chi connectivity index (χ3v) is 14.6. The molecular formula is C53H77ClN5O9P. The molecule has 2 saturated heterocycles. The number of para-hydroxylation sites is 1. The minimum absolute atomic E-state index is 0.0715. The van der Waals surface area contributed by atoms with Gasteiger partial charge in [0.05, 0.1) is 54.9 Å². The van der Waals surface area contributed by atoms with Gasteiger partial charge in [0.1, 0.15) is 41.1 Å². The zero-order valence-electron chi connectivity index (χ0n) is 41.9. The molecular weight excluding hydrogens is 917 g/mol. The Hall–Kier alpha value is -3.77. The second-order valence-electron chi connectivity index (χ2n) is 19.7. The van der Waals surface area contributed by atoms with E-state index in [1.165, 1.54) is 96.2 Å². The first-order valence-electron chi connectivity index (χ1n) is 25.4. The average molecular weight is 995 g/mol. The molecule has 4 aromatic rings. The molecule has 0 aliphatic carbocycles. The van der Waals surface area contributed by atoms with Crippen molar-refractivity contribution in [2.24, 2.45) is 0 Å². The third-order valence-electron chi connectivity index (χ3n) is 13.0. The molecule has 69 heavy (non-hydrogen) atoms. The summed E-state index contributed by atoms with van der Waals surface area (Å²) in [6, 6.07) is 18.1. The number of fused-ring (bicyclic) bond motifs is 2. The molecule has 0 bridgehead atoms. The van der Waals surface area contributed by atoms with Crippen LogP contribution in [0.2, 0.25) is 5.02 Å². The fourth-order valence-corrected chi connectivity index (χ4v) is 10.9. The maximum Gasteiger partial charge on any atom is 0.530 e. The lowest BCUT2D eigenvalue weighted by atomic mass is 9.86. The number of nitrogen functional groups attached to an aromatic ring is 1. The Morgan fingerprint density at radius 3 is 2.17 bits per heavy atom. The first kappa shape index (κ1) is 54.6. The fraction of sp³-hybridized carbons (Fsp3) is 0.642. The molecule has 1 unspecified atom stereocenters. The van der Waals surface area contributed by atoms with Crippen molar-refractivity contribution in [1.29, 1.82) is 5.26 Å². The lowest BCUT2D eigenvalue weighted by Crippen LogP contribution is -2.48. The number of phosphoric acid groups is 1. The molecule has 2 N–H and O–H groups in total. The fourth-order valence-electron chi connectivity index (χ4n) is 9.35. The maximum absolute atomic E-state index is 15.0. The molecule has 2 aliphatic heterocycles. The van der Waals surface area contributed by atoms with E-state index < -0.39 is 37.0 Å². The molecule has 4 heterocycles. The van der Waals surface area contributed by atoms with Gasteiger partial charge in [-0.05, 0) is 83.0 Å². The highest BCUT2D eigenvalue weighted by molar-refractivity contribution is 7.49. The van der Waals surface area contributed by atoms with Crippen molar-refractivity contribution < 1.29 is 41.8 Å². The summed E-state index contributed by atoms with van der Waals surface area (Å²) in [5.74, 6) is -0.0832. The summed E-state index contributed by atoms with van der Waals surface area (Å²) >= 11 is 6.56. The number of rotatable bonds is 32. The molecule has 2 aromatic heterocycles. The van der Waals surface area contributed by atoms with Crippen molar-refractivity contribution in [3.05, 3.63) is 82.8 Å². The average Bonchev–Trinajstić information content (AvgIpc) is 3.97. The van der Waals surface area contributed by atoms with E-state index in [0.29, 0.717) is 34.8 Å². The predicted octanol–water partition coefficient (Wildman–Crippen LogP) is 13.6. The van der Waals surface area contributed by atoms with Crippen LogP contribution in [-0.2, 0) is 44.8 Å². The highest BCUT2D eigenvalue weighted by atomic mass is 35.5. The molecule has 0 saturated carbocycles. The van der Waals surface area contributed by atoms with E-state index in [2.05, 4.69) is 23.1 Å². The van der Waals surface area contributed by atoms with Gasteiger partial charge in [-0.2, -0.15) is 10.4 Å². The van der Waals surface area contributed by atoms with Gasteiger partial charge >= 0.3 is 7.82 Å². The van der Waals surface area contributed by atoms with Crippen LogP contribution in [0.3, 0.4) is 0 Å². The van der Waals surface area contributed by atoms with Crippen molar-refractivity contribution in [2.45, 2.75) is 199 Å². The van der Waals surface area contributed by atoms with Gasteiger partial charge in [-0.1, -0.05) is 146 Å². The van der Waals surface area contributed by atoms with Gasteiger partial charge < -0.3 is 33.9 Å². The van der Waals surface area contributed by atoms with Crippen molar-refractivity contribution in [1.82, 2.24) is 14.6 Å². The summed E-state index contributed by atoms with van der Waals surface area (Å²) in [5, 5.41) is 14.4. The molecule has 6 rings (SSSR count). The van der Waals surface area contributed by atoms with Crippen molar-refractivity contribution >= 4 is 30.8 Å². The normalized spacial score (nSPS) is 21.1. The van der Waals surface area contributed by atoms with Crippen LogP contribution in [0.25, 0.3) is 5.52 Å². The van der Waals surface area contributed by atoms with E-state index in [-0.39, 0.29) is 43.3 Å². The SMILES string of the molecule is CCCCCCCCCCCCCCCCCCC[C@H](COP(=O)(OC[C@@]1(C)OC[C@@]2(c3ccc4c(N)ncnn34)OC(C)(C)O[C@H]12)Oc1ccccc1Cl)OCc1ccc(C#N)c(OC(C)C)c1. The number of ether oxygens (including phenoxy) is 5. The van der Waals surface area contributed by atoms with E-state index >= 15 is 4.57 Å². The molecule has 380 valence electrons. The van der Waals surface area contributed by atoms with Crippen LogP contribution < -0.4 is 15.0 Å². The number of hydrogen-bond acceptors (Lipinski definition) is 13. The number of nitriles is 1. The topological polar surface area (TPSA) is 171 Å². The summed E-state index contributed by atoms with van der Waals surface area (Å²) in [5.41, 5.74) is 6.40. The van der Waals surface area contributed by atoms with E-state index in [4.69, 9.17) is 54.6 Å². The highest BCUT2D eigenvalue weighted by Crippen LogP contribution is 2.57. The molecule has 5 atom stereocenters. The smallest absolute Gasteiger partial charge is 0.490 e. The van der Waals surface area contributed by atoms with Crippen LogP contribution in [0, 0.1) is 11.3 Å². The lowest BCUT2D eigenvalue weighted by Gasteiger charge is -2.32. The molecule has 0 radical (unpaired) electrons. The number of aromatic nitrogens is 3. The van der Waals surface area contributed by atoms with Crippen LogP contribution >= 0.6 is 19.4 Å². The monoisotopic (exact) mass is 994 g/mol. The van der Waals surface area contributed by atoms with Crippen molar-refractivity contribution in [3.8, 4) is 17.6 Å². The Morgan fingerprint density at radius 2 is 1.54 bits per heavy atom. The van der Waals surface area contributed by atoms with Gasteiger partial charge in [0, 0.05) is 0 Å². The summed E-state index contributed by atoms with van der Waals surface area (Å²) in [6.07, 6.45) is 22.4. The summed E-state index contributed by atoms with van der Waals surface area (Å²) in [6.45, 7) is 11.5. The molecule has 2 aliphatic rings. The van der Waals surface area contributed by atoms with E-state index in [0.717, 1.165) is 24.8 Å². The number of hydrogen-bond donors (Lipinski definition) is 1.